The summed E-state index contributed by atoms with van der Waals surface area (Å²) in [5.41, 5.74) is 5.38. The highest BCUT2D eigenvalue weighted by Crippen LogP contribution is 2.33. The largest absolute Gasteiger partial charge is 0.490 e. The number of carbonyl (C=O) groups excluding carboxylic acids is 1. The van der Waals surface area contributed by atoms with Crippen molar-refractivity contribution in [3.05, 3.63) is 91.2 Å². The predicted molar refractivity (Wildman–Crippen MR) is 148 cm³/mol. The van der Waals surface area contributed by atoms with Crippen LogP contribution in [0.3, 0.4) is 0 Å². The fraction of sp³-hybridized carbons (Fsp3) is 0.0800. The van der Waals surface area contributed by atoms with Crippen LogP contribution in [0, 0.1) is 0 Å². The van der Waals surface area contributed by atoms with Gasteiger partial charge in [-0.25, -0.2) is 9.78 Å². The van der Waals surface area contributed by atoms with Gasteiger partial charge in [-0.05, 0) is 67.1 Å². The Balaban J connectivity index is 1.45. The zero-order valence-electron chi connectivity index (χ0n) is 18.6. The van der Waals surface area contributed by atoms with Crippen LogP contribution in [0.1, 0.15) is 22.8 Å². The first-order valence-corrected chi connectivity index (χ1v) is 12.9. The number of thiazole rings is 1. The molecule has 0 fully saturated rings. The first-order chi connectivity index (χ1) is 17.3. The van der Waals surface area contributed by atoms with E-state index in [-0.39, 0.29) is 16.3 Å². The molecule has 184 valence electrons. The zero-order chi connectivity index (χ0) is 25.7. The van der Waals surface area contributed by atoms with E-state index in [0.717, 1.165) is 11.1 Å². The van der Waals surface area contributed by atoms with Crippen LogP contribution in [-0.4, -0.2) is 23.8 Å². The predicted octanol–water partition coefficient (Wildman–Crippen LogP) is 8.49. The summed E-state index contributed by atoms with van der Waals surface area (Å²) in [6, 6.07) is 14.9. The van der Waals surface area contributed by atoms with E-state index in [9.17, 15) is 4.79 Å². The van der Waals surface area contributed by atoms with Gasteiger partial charge in [-0.1, -0.05) is 46.4 Å². The molecule has 0 saturated heterocycles. The van der Waals surface area contributed by atoms with E-state index in [1.165, 1.54) is 29.5 Å². The number of halogens is 4. The number of hydrazone groups is 1. The van der Waals surface area contributed by atoms with E-state index >= 15 is 0 Å². The van der Waals surface area contributed by atoms with E-state index in [2.05, 4.69) is 15.5 Å². The van der Waals surface area contributed by atoms with Crippen molar-refractivity contribution in [2.45, 2.75) is 6.92 Å². The van der Waals surface area contributed by atoms with Gasteiger partial charge in [0.15, 0.2) is 11.5 Å². The summed E-state index contributed by atoms with van der Waals surface area (Å²) in [6.45, 7) is 2.21. The maximum Gasteiger partial charge on any atom is 0.343 e. The summed E-state index contributed by atoms with van der Waals surface area (Å²) < 4.78 is 11.2. The number of carbonyl (C=O) groups is 1. The molecule has 1 heterocycles. The number of esters is 1. The molecule has 4 rings (SSSR count). The third-order valence-corrected chi connectivity index (χ3v) is 6.74. The molecule has 1 aromatic heterocycles. The Morgan fingerprint density at radius 2 is 1.83 bits per heavy atom. The average molecular weight is 581 g/mol. The van der Waals surface area contributed by atoms with Crippen molar-refractivity contribution in [2.24, 2.45) is 5.10 Å². The molecule has 0 bridgehead atoms. The van der Waals surface area contributed by atoms with E-state index in [0.29, 0.717) is 38.2 Å². The minimum absolute atomic E-state index is 0.263. The van der Waals surface area contributed by atoms with Gasteiger partial charge in [0.1, 0.15) is 0 Å². The van der Waals surface area contributed by atoms with Crippen LogP contribution in [0.4, 0.5) is 5.13 Å². The van der Waals surface area contributed by atoms with Gasteiger partial charge in [0.2, 0.25) is 5.13 Å². The Morgan fingerprint density at radius 1 is 1.00 bits per heavy atom. The molecule has 1 N–H and O–H groups in total. The maximum absolute atomic E-state index is 12.6. The minimum Gasteiger partial charge on any atom is -0.490 e. The van der Waals surface area contributed by atoms with Gasteiger partial charge in [-0.3, -0.25) is 5.43 Å². The van der Waals surface area contributed by atoms with Crippen molar-refractivity contribution in [2.75, 3.05) is 12.0 Å². The highest BCUT2D eigenvalue weighted by Gasteiger charge is 2.15. The smallest absolute Gasteiger partial charge is 0.343 e. The van der Waals surface area contributed by atoms with E-state index in [4.69, 9.17) is 55.9 Å². The van der Waals surface area contributed by atoms with Gasteiger partial charge < -0.3 is 9.47 Å². The minimum atomic E-state index is -0.585. The fourth-order valence-corrected chi connectivity index (χ4v) is 4.51. The van der Waals surface area contributed by atoms with Crippen LogP contribution in [0.25, 0.3) is 11.3 Å². The lowest BCUT2D eigenvalue weighted by molar-refractivity contribution is 0.0728. The number of hydrogen-bond acceptors (Lipinski definition) is 7. The molecule has 3 aromatic carbocycles. The van der Waals surface area contributed by atoms with Crippen molar-refractivity contribution in [3.8, 4) is 22.8 Å². The molecule has 0 aliphatic heterocycles. The molecule has 6 nitrogen and oxygen atoms in total. The molecule has 0 unspecified atom stereocenters. The second-order valence-electron chi connectivity index (χ2n) is 7.19. The van der Waals surface area contributed by atoms with Crippen LogP contribution in [0.15, 0.2) is 65.1 Å². The average Bonchev–Trinajstić information content (AvgIpc) is 3.31. The summed E-state index contributed by atoms with van der Waals surface area (Å²) in [5, 5.41) is 8.39. The molecule has 0 saturated carbocycles. The standard InChI is InChI=1S/C25H17Cl4N3O3S/c1-2-34-23-9-14(3-8-22(23)35-24(33)15-4-7-18(27)20(29)10-15)12-30-32-25-31-21(13-36-25)17-6-5-16(26)11-19(17)28/h3-13H,2H2,1H3,(H,31,32)/b30-12-. The van der Waals surface area contributed by atoms with Gasteiger partial charge >= 0.3 is 5.97 Å². The number of aromatic nitrogens is 1. The molecule has 0 aliphatic carbocycles. The lowest BCUT2D eigenvalue weighted by Gasteiger charge is -2.11. The summed E-state index contributed by atoms with van der Waals surface area (Å²) >= 11 is 25.5. The Labute approximate surface area is 231 Å². The number of rotatable bonds is 8. The van der Waals surface area contributed by atoms with Crippen LogP contribution in [0.2, 0.25) is 20.1 Å². The van der Waals surface area contributed by atoms with Gasteiger partial charge in [-0.2, -0.15) is 5.10 Å². The second-order valence-corrected chi connectivity index (χ2v) is 9.71. The first-order valence-electron chi connectivity index (χ1n) is 10.5. The second kappa shape index (κ2) is 12.0. The SMILES string of the molecule is CCOc1cc(/C=N\Nc2nc(-c3ccc(Cl)cc3Cl)cs2)ccc1OC(=O)c1ccc(Cl)c(Cl)c1. The van der Waals surface area contributed by atoms with Crippen molar-refractivity contribution < 1.29 is 14.3 Å². The Kier molecular flexibility index (Phi) is 8.72. The zero-order valence-corrected chi connectivity index (χ0v) is 22.4. The number of benzene rings is 3. The Hall–Kier alpha value is -2.81. The van der Waals surface area contributed by atoms with Gasteiger partial charge in [0.05, 0.1) is 39.1 Å². The van der Waals surface area contributed by atoms with Crippen molar-refractivity contribution in [1.29, 1.82) is 0 Å². The van der Waals surface area contributed by atoms with Gasteiger partial charge in [-0.15, -0.1) is 11.3 Å². The van der Waals surface area contributed by atoms with Crippen LogP contribution < -0.4 is 14.9 Å². The summed E-state index contributed by atoms with van der Waals surface area (Å²) in [4.78, 5) is 17.1. The lowest BCUT2D eigenvalue weighted by Crippen LogP contribution is -2.10. The van der Waals surface area contributed by atoms with Gasteiger partial charge in [0, 0.05) is 16.0 Å². The number of hydrogen-bond donors (Lipinski definition) is 1. The monoisotopic (exact) mass is 579 g/mol. The molecule has 0 atom stereocenters. The molecule has 36 heavy (non-hydrogen) atoms. The van der Waals surface area contributed by atoms with Gasteiger partial charge in [0.25, 0.3) is 0 Å². The fourth-order valence-electron chi connectivity index (χ4n) is 3.05. The van der Waals surface area contributed by atoms with Crippen LogP contribution in [0.5, 0.6) is 11.5 Å². The summed E-state index contributed by atoms with van der Waals surface area (Å²) in [5.74, 6) is 0.0733. The first kappa shape index (κ1) is 26.3. The molecule has 0 spiro atoms. The normalized spacial score (nSPS) is 11.0. The molecule has 0 amide bonds. The molecule has 4 aromatic rings. The van der Waals surface area contributed by atoms with Crippen LogP contribution in [-0.2, 0) is 0 Å². The van der Waals surface area contributed by atoms with E-state index < -0.39 is 5.97 Å². The number of anilines is 1. The number of nitrogens with zero attached hydrogens (tertiary/aromatic N) is 2. The highest BCUT2D eigenvalue weighted by molar-refractivity contribution is 7.14. The third-order valence-electron chi connectivity index (χ3n) is 4.71. The maximum atomic E-state index is 12.6. The molecule has 11 heteroatoms. The van der Waals surface area contributed by atoms with Crippen molar-refractivity contribution in [3.63, 3.8) is 0 Å². The molecular weight excluding hydrogens is 564 g/mol. The summed E-state index contributed by atoms with van der Waals surface area (Å²) in [6.07, 6.45) is 1.60. The van der Waals surface area contributed by atoms with E-state index in [1.807, 2.05) is 18.4 Å². The lowest BCUT2D eigenvalue weighted by atomic mass is 10.2. The van der Waals surface area contributed by atoms with Crippen molar-refractivity contribution >= 4 is 75.1 Å². The summed E-state index contributed by atoms with van der Waals surface area (Å²) in [7, 11) is 0. The number of nitrogens with one attached hydrogen (secondary N) is 1. The topological polar surface area (TPSA) is 72.8 Å². The quantitative estimate of drug-likeness (QED) is 0.0978. The number of ether oxygens (including phenoxy) is 2. The van der Waals surface area contributed by atoms with Crippen molar-refractivity contribution in [1.82, 2.24) is 4.98 Å². The Morgan fingerprint density at radius 3 is 2.58 bits per heavy atom. The molecular formula is C25H17Cl4N3O3S. The molecule has 0 radical (unpaired) electrons. The molecule has 0 aliphatic rings. The Bertz CT molecular complexity index is 1440. The van der Waals surface area contributed by atoms with Crippen LogP contribution >= 0.6 is 57.7 Å². The third kappa shape index (κ3) is 6.49. The van der Waals surface area contributed by atoms with E-state index in [1.54, 1.807) is 36.5 Å². The highest BCUT2D eigenvalue weighted by atomic mass is 35.5.